The summed E-state index contributed by atoms with van der Waals surface area (Å²) in [5, 5.41) is 17.5. The minimum Gasteiger partial charge on any atom is -0.480 e. The van der Waals surface area contributed by atoms with Crippen molar-refractivity contribution < 1.29 is 24.2 Å². The zero-order chi connectivity index (χ0) is 21.8. The summed E-state index contributed by atoms with van der Waals surface area (Å²) in [4.78, 5) is 35.4. The SMILES string of the molecule is CNc1ccc(C(=O)N[C@@H](CCCCNC(=O)OCc2ccccc2)C(=O)O)cc1. The third-order valence-corrected chi connectivity index (χ3v) is 4.44. The van der Waals surface area contributed by atoms with Crippen LogP contribution < -0.4 is 16.0 Å². The largest absolute Gasteiger partial charge is 0.480 e. The second-order valence-electron chi connectivity index (χ2n) is 6.68. The fourth-order valence-corrected chi connectivity index (χ4v) is 2.73. The highest BCUT2D eigenvalue weighted by molar-refractivity contribution is 5.96. The Morgan fingerprint density at radius 1 is 1.00 bits per heavy atom. The number of unbranched alkanes of at least 4 members (excludes halogenated alkanes) is 1. The van der Waals surface area contributed by atoms with E-state index in [1.807, 2.05) is 30.3 Å². The molecule has 0 aliphatic heterocycles. The minimum atomic E-state index is -1.09. The highest BCUT2D eigenvalue weighted by Crippen LogP contribution is 2.10. The van der Waals surface area contributed by atoms with Gasteiger partial charge in [0.2, 0.25) is 0 Å². The first-order valence-electron chi connectivity index (χ1n) is 9.75. The lowest BCUT2D eigenvalue weighted by Gasteiger charge is -2.15. The van der Waals surface area contributed by atoms with Crippen molar-refractivity contribution in [2.24, 2.45) is 0 Å². The first-order chi connectivity index (χ1) is 14.5. The van der Waals surface area contributed by atoms with Crippen LogP contribution in [0.2, 0.25) is 0 Å². The maximum atomic E-state index is 12.3. The van der Waals surface area contributed by atoms with E-state index in [4.69, 9.17) is 4.74 Å². The Labute approximate surface area is 175 Å². The summed E-state index contributed by atoms with van der Waals surface area (Å²) in [7, 11) is 1.77. The molecule has 0 spiro atoms. The predicted octanol–water partition coefficient (Wildman–Crippen LogP) is 3.01. The topological polar surface area (TPSA) is 117 Å². The molecule has 8 nitrogen and oxygen atoms in total. The normalized spacial score (nSPS) is 11.2. The van der Waals surface area contributed by atoms with E-state index in [9.17, 15) is 19.5 Å². The van der Waals surface area contributed by atoms with Crippen LogP contribution in [0, 0.1) is 0 Å². The van der Waals surface area contributed by atoms with Gasteiger partial charge in [0.1, 0.15) is 12.6 Å². The first kappa shape index (κ1) is 22.7. The summed E-state index contributed by atoms with van der Waals surface area (Å²) in [5.74, 6) is -1.53. The van der Waals surface area contributed by atoms with Crippen molar-refractivity contribution in [3.05, 3.63) is 65.7 Å². The summed E-state index contributed by atoms with van der Waals surface area (Å²) < 4.78 is 5.11. The Hall–Kier alpha value is -3.55. The Kier molecular flexibility index (Phi) is 9.18. The molecule has 1 atom stereocenters. The van der Waals surface area contributed by atoms with Gasteiger partial charge in [0.15, 0.2) is 0 Å². The molecule has 0 aliphatic rings. The standard InChI is InChI=1S/C22H27N3O5/c1-23-18-12-10-17(11-13-18)20(26)25-19(21(27)28)9-5-6-14-24-22(29)30-15-16-7-3-2-4-8-16/h2-4,7-8,10-13,19,23H,5-6,9,14-15H2,1H3,(H,24,29)(H,25,26)(H,27,28)/t19-/m0/s1. The Bertz CT molecular complexity index is 824. The fraction of sp³-hybridized carbons (Fsp3) is 0.318. The number of nitrogens with one attached hydrogen (secondary N) is 3. The molecule has 2 aromatic carbocycles. The van der Waals surface area contributed by atoms with Gasteiger partial charge in [-0.05, 0) is 49.1 Å². The zero-order valence-corrected chi connectivity index (χ0v) is 16.9. The monoisotopic (exact) mass is 413 g/mol. The molecule has 4 N–H and O–H groups in total. The number of hydrogen-bond acceptors (Lipinski definition) is 5. The van der Waals surface area contributed by atoms with Crippen LogP contribution >= 0.6 is 0 Å². The molecular weight excluding hydrogens is 386 g/mol. The van der Waals surface area contributed by atoms with Crippen molar-refractivity contribution in [1.82, 2.24) is 10.6 Å². The summed E-state index contributed by atoms with van der Waals surface area (Å²) in [6.07, 6.45) is 0.828. The van der Waals surface area contributed by atoms with Crippen molar-refractivity contribution >= 4 is 23.7 Å². The first-order valence-corrected chi connectivity index (χ1v) is 9.75. The molecule has 0 heterocycles. The van der Waals surface area contributed by atoms with E-state index in [2.05, 4.69) is 16.0 Å². The van der Waals surface area contributed by atoms with Gasteiger partial charge in [-0.15, -0.1) is 0 Å². The van der Waals surface area contributed by atoms with E-state index in [1.54, 1.807) is 31.3 Å². The molecule has 2 rings (SSSR count). The third-order valence-electron chi connectivity index (χ3n) is 4.44. The smallest absolute Gasteiger partial charge is 0.407 e. The molecule has 0 fully saturated rings. The van der Waals surface area contributed by atoms with Crippen LogP contribution in [-0.4, -0.2) is 42.7 Å². The lowest BCUT2D eigenvalue weighted by Crippen LogP contribution is -2.40. The minimum absolute atomic E-state index is 0.190. The van der Waals surface area contributed by atoms with Crippen LogP contribution in [-0.2, 0) is 16.1 Å². The highest BCUT2D eigenvalue weighted by Gasteiger charge is 2.20. The molecule has 0 saturated carbocycles. The van der Waals surface area contributed by atoms with E-state index in [0.717, 1.165) is 11.3 Å². The van der Waals surface area contributed by atoms with Crippen LogP contribution in [0.3, 0.4) is 0 Å². The lowest BCUT2D eigenvalue weighted by molar-refractivity contribution is -0.139. The molecule has 8 heteroatoms. The van der Waals surface area contributed by atoms with E-state index in [-0.39, 0.29) is 13.0 Å². The number of amides is 2. The second-order valence-corrected chi connectivity index (χ2v) is 6.68. The zero-order valence-electron chi connectivity index (χ0n) is 16.9. The van der Waals surface area contributed by atoms with E-state index < -0.39 is 24.0 Å². The third kappa shape index (κ3) is 7.83. The van der Waals surface area contributed by atoms with Crippen molar-refractivity contribution in [3.8, 4) is 0 Å². The second kappa shape index (κ2) is 12.1. The molecule has 0 aromatic heterocycles. The van der Waals surface area contributed by atoms with Crippen molar-refractivity contribution in [2.75, 3.05) is 18.9 Å². The van der Waals surface area contributed by atoms with E-state index in [1.165, 1.54) is 0 Å². The molecule has 0 bridgehead atoms. The Morgan fingerprint density at radius 3 is 2.33 bits per heavy atom. The van der Waals surface area contributed by atoms with Crippen molar-refractivity contribution in [1.29, 1.82) is 0 Å². The maximum absolute atomic E-state index is 12.3. The number of carbonyl (C=O) groups is 3. The maximum Gasteiger partial charge on any atom is 0.407 e. The number of hydrogen-bond donors (Lipinski definition) is 4. The van der Waals surface area contributed by atoms with Crippen LogP contribution in [0.15, 0.2) is 54.6 Å². The van der Waals surface area contributed by atoms with Gasteiger partial charge in [-0.25, -0.2) is 9.59 Å². The van der Waals surface area contributed by atoms with Gasteiger partial charge in [-0.3, -0.25) is 4.79 Å². The van der Waals surface area contributed by atoms with Crippen molar-refractivity contribution in [2.45, 2.75) is 31.9 Å². The quantitative estimate of drug-likeness (QED) is 0.421. The van der Waals surface area contributed by atoms with E-state index in [0.29, 0.717) is 24.9 Å². The van der Waals surface area contributed by atoms with Crippen molar-refractivity contribution in [3.63, 3.8) is 0 Å². The van der Waals surface area contributed by atoms with Gasteiger partial charge in [0.05, 0.1) is 0 Å². The number of alkyl carbamates (subject to hydrolysis) is 1. The number of ether oxygens (including phenoxy) is 1. The number of anilines is 1. The Morgan fingerprint density at radius 2 is 1.70 bits per heavy atom. The van der Waals surface area contributed by atoms with Crippen LogP contribution in [0.25, 0.3) is 0 Å². The van der Waals surface area contributed by atoms with Crippen LogP contribution in [0.1, 0.15) is 35.2 Å². The number of carboxylic acids is 1. The molecule has 2 amide bonds. The average Bonchev–Trinajstić information content (AvgIpc) is 2.77. The molecule has 0 radical (unpaired) electrons. The van der Waals surface area contributed by atoms with Gasteiger partial charge >= 0.3 is 12.1 Å². The Balaban J connectivity index is 1.67. The van der Waals surface area contributed by atoms with Gasteiger partial charge in [-0.1, -0.05) is 30.3 Å². The molecule has 160 valence electrons. The predicted molar refractivity (Wildman–Crippen MR) is 113 cm³/mol. The summed E-state index contributed by atoms with van der Waals surface area (Å²) in [6, 6.07) is 15.1. The summed E-state index contributed by atoms with van der Waals surface area (Å²) in [6.45, 7) is 0.550. The molecule has 2 aromatic rings. The van der Waals surface area contributed by atoms with Crippen LogP contribution in [0.4, 0.5) is 10.5 Å². The van der Waals surface area contributed by atoms with Gasteiger partial charge < -0.3 is 25.8 Å². The van der Waals surface area contributed by atoms with E-state index >= 15 is 0 Å². The summed E-state index contributed by atoms with van der Waals surface area (Å²) in [5.41, 5.74) is 2.15. The molecule has 30 heavy (non-hydrogen) atoms. The van der Waals surface area contributed by atoms with Gasteiger partial charge in [0.25, 0.3) is 5.91 Å². The molecule has 0 aliphatic carbocycles. The van der Waals surface area contributed by atoms with Crippen LogP contribution in [0.5, 0.6) is 0 Å². The molecule has 0 unspecified atom stereocenters. The highest BCUT2D eigenvalue weighted by atomic mass is 16.5. The van der Waals surface area contributed by atoms with Gasteiger partial charge in [0, 0.05) is 24.8 Å². The number of carboxylic acid groups (broad SMARTS) is 1. The summed E-state index contributed by atoms with van der Waals surface area (Å²) >= 11 is 0. The number of rotatable bonds is 11. The fourth-order valence-electron chi connectivity index (χ4n) is 2.73. The number of aliphatic carboxylic acids is 1. The molecule has 0 saturated heterocycles. The van der Waals surface area contributed by atoms with Gasteiger partial charge in [-0.2, -0.15) is 0 Å². The number of carbonyl (C=O) groups excluding carboxylic acids is 2. The average molecular weight is 413 g/mol. The molecular formula is C22H27N3O5. The number of benzene rings is 2. The lowest BCUT2D eigenvalue weighted by atomic mass is 10.1.